The molecule has 6 nitrogen and oxygen atoms in total. The number of nitrogens with zero attached hydrogens (tertiary/aromatic N) is 1. The van der Waals surface area contributed by atoms with Gasteiger partial charge in [-0.05, 0) is 70.9 Å². The first-order valence-corrected chi connectivity index (χ1v) is 13.0. The van der Waals surface area contributed by atoms with Gasteiger partial charge in [0.15, 0.2) is 0 Å². The Balaban J connectivity index is 1.35. The van der Waals surface area contributed by atoms with Crippen LogP contribution in [0.5, 0.6) is 11.5 Å². The molecule has 1 amide bonds. The summed E-state index contributed by atoms with van der Waals surface area (Å²) in [4.78, 5) is 25.8. The topological polar surface area (TPSA) is 77.0 Å². The lowest BCUT2D eigenvalue weighted by Crippen LogP contribution is -2.19. The summed E-state index contributed by atoms with van der Waals surface area (Å²) in [6.07, 6.45) is 1.46. The van der Waals surface area contributed by atoms with E-state index >= 15 is 0 Å². The standard InChI is InChI=1S/C32H22Cl2N2O4/c33-24-14-9-21(10-15-24)20-39-29-8-4-3-7-27(29)31(37)36-35-19-28-26-6-2-1-5-22(26)13-18-30(28)40-32(38)23-11-16-25(34)17-12-23/h1-19H,20H2,(H,36,37). The number of esters is 1. The van der Waals surface area contributed by atoms with Crippen LogP contribution in [0, 0.1) is 0 Å². The van der Waals surface area contributed by atoms with Crippen molar-refractivity contribution in [3.8, 4) is 11.5 Å². The Hall–Kier alpha value is -4.65. The second-order valence-corrected chi connectivity index (χ2v) is 9.58. The van der Waals surface area contributed by atoms with Crippen molar-refractivity contribution in [1.29, 1.82) is 0 Å². The van der Waals surface area contributed by atoms with Gasteiger partial charge in [-0.25, -0.2) is 10.2 Å². The monoisotopic (exact) mass is 568 g/mol. The number of nitrogens with one attached hydrogen (secondary N) is 1. The van der Waals surface area contributed by atoms with Crippen LogP contribution in [0.15, 0.2) is 114 Å². The first kappa shape index (κ1) is 26.9. The summed E-state index contributed by atoms with van der Waals surface area (Å²) >= 11 is 11.9. The van der Waals surface area contributed by atoms with Crippen LogP contribution in [0.2, 0.25) is 10.0 Å². The van der Waals surface area contributed by atoms with Crippen LogP contribution in [0.25, 0.3) is 10.8 Å². The first-order chi connectivity index (χ1) is 19.5. The molecule has 0 bridgehead atoms. The Morgan fingerprint density at radius 2 is 1.43 bits per heavy atom. The van der Waals surface area contributed by atoms with Gasteiger partial charge in [0.25, 0.3) is 5.91 Å². The number of carbonyl (C=O) groups is 2. The zero-order valence-corrected chi connectivity index (χ0v) is 22.5. The number of hydrazone groups is 1. The average Bonchev–Trinajstić information content (AvgIpc) is 2.98. The van der Waals surface area contributed by atoms with Crippen molar-refractivity contribution < 1.29 is 19.1 Å². The molecule has 5 aromatic carbocycles. The number of para-hydroxylation sites is 1. The van der Waals surface area contributed by atoms with Gasteiger partial charge in [0, 0.05) is 15.6 Å². The van der Waals surface area contributed by atoms with E-state index in [1.165, 1.54) is 6.21 Å². The zero-order chi connectivity index (χ0) is 27.9. The molecular weight excluding hydrogens is 547 g/mol. The lowest BCUT2D eigenvalue weighted by molar-refractivity contribution is 0.0734. The molecule has 1 N–H and O–H groups in total. The van der Waals surface area contributed by atoms with Gasteiger partial charge in [0.1, 0.15) is 18.1 Å². The number of halogens is 2. The maximum atomic E-state index is 13.0. The third-order valence-corrected chi connectivity index (χ3v) is 6.52. The summed E-state index contributed by atoms with van der Waals surface area (Å²) < 4.78 is 11.6. The molecule has 0 unspecified atom stereocenters. The number of amides is 1. The quantitative estimate of drug-likeness (QED) is 0.0899. The van der Waals surface area contributed by atoms with Gasteiger partial charge in [0.2, 0.25) is 0 Å². The molecular formula is C32H22Cl2N2O4. The maximum absolute atomic E-state index is 13.0. The molecule has 5 rings (SSSR count). The minimum Gasteiger partial charge on any atom is -0.488 e. The van der Waals surface area contributed by atoms with Crippen LogP contribution in [0.4, 0.5) is 0 Å². The van der Waals surface area contributed by atoms with E-state index in [9.17, 15) is 9.59 Å². The third-order valence-electron chi connectivity index (χ3n) is 6.01. The van der Waals surface area contributed by atoms with E-state index in [0.29, 0.717) is 38.2 Å². The molecule has 5 aromatic rings. The number of ether oxygens (including phenoxy) is 2. The van der Waals surface area contributed by atoms with Crippen molar-refractivity contribution in [1.82, 2.24) is 5.43 Å². The minimum absolute atomic E-state index is 0.267. The number of rotatable bonds is 8. The van der Waals surface area contributed by atoms with Gasteiger partial charge < -0.3 is 9.47 Å². The predicted octanol–water partition coefficient (Wildman–Crippen LogP) is 7.71. The van der Waals surface area contributed by atoms with Crippen LogP contribution in [-0.2, 0) is 6.61 Å². The number of carbonyl (C=O) groups excluding carboxylic acids is 2. The summed E-state index contributed by atoms with van der Waals surface area (Å²) in [6, 6.07) is 31.7. The molecule has 0 aromatic heterocycles. The van der Waals surface area contributed by atoms with E-state index in [-0.39, 0.29) is 6.61 Å². The largest absolute Gasteiger partial charge is 0.488 e. The van der Waals surface area contributed by atoms with Crippen molar-refractivity contribution in [2.24, 2.45) is 5.10 Å². The predicted molar refractivity (Wildman–Crippen MR) is 158 cm³/mol. The van der Waals surface area contributed by atoms with E-state index in [1.807, 2.05) is 42.5 Å². The van der Waals surface area contributed by atoms with Gasteiger partial charge in [-0.3, -0.25) is 4.79 Å². The minimum atomic E-state index is -0.544. The van der Waals surface area contributed by atoms with Crippen LogP contribution in [0.3, 0.4) is 0 Å². The number of benzene rings is 5. The first-order valence-electron chi connectivity index (χ1n) is 12.3. The molecule has 0 spiro atoms. The fourth-order valence-corrected chi connectivity index (χ4v) is 4.23. The van der Waals surface area contributed by atoms with Gasteiger partial charge >= 0.3 is 5.97 Å². The molecule has 8 heteroatoms. The summed E-state index contributed by atoms with van der Waals surface area (Å²) in [5, 5.41) is 7.06. The van der Waals surface area contributed by atoms with E-state index in [2.05, 4.69) is 10.5 Å². The SMILES string of the molecule is O=C(Oc1ccc2ccccc2c1C=NNC(=O)c1ccccc1OCc1ccc(Cl)cc1)c1ccc(Cl)cc1. The molecule has 0 saturated heterocycles. The fraction of sp³-hybridized carbons (Fsp3) is 0.0312. The highest BCUT2D eigenvalue weighted by Crippen LogP contribution is 2.28. The number of fused-ring (bicyclic) bond motifs is 1. The second kappa shape index (κ2) is 12.5. The van der Waals surface area contributed by atoms with E-state index in [1.54, 1.807) is 66.7 Å². The van der Waals surface area contributed by atoms with Crippen molar-refractivity contribution in [3.63, 3.8) is 0 Å². The van der Waals surface area contributed by atoms with E-state index < -0.39 is 11.9 Å². The van der Waals surface area contributed by atoms with Crippen molar-refractivity contribution >= 4 is 52.1 Å². The van der Waals surface area contributed by atoms with Gasteiger partial charge in [-0.2, -0.15) is 5.10 Å². The Bertz CT molecular complexity index is 1700. The fourth-order valence-electron chi connectivity index (χ4n) is 3.98. The highest BCUT2D eigenvalue weighted by Gasteiger charge is 2.15. The van der Waals surface area contributed by atoms with Crippen LogP contribution >= 0.6 is 23.2 Å². The normalized spacial score (nSPS) is 10.9. The maximum Gasteiger partial charge on any atom is 0.343 e. The third kappa shape index (κ3) is 6.49. The van der Waals surface area contributed by atoms with Crippen LogP contribution in [0.1, 0.15) is 31.8 Å². The summed E-state index contributed by atoms with van der Waals surface area (Å²) in [5.41, 5.74) is 4.67. The van der Waals surface area contributed by atoms with E-state index in [0.717, 1.165) is 16.3 Å². The molecule has 0 aliphatic carbocycles. The number of hydrogen-bond donors (Lipinski definition) is 1. The molecule has 0 aliphatic rings. The van der Waals surface area contributed by atoms with Crippen molar-refractivity contribution in [2.75, 3.05) is 0 Å². The van der Waals surface area contributed by atoms with Crippen LogP contribution in [-0.4, -0.2) is 18.1 Å². The van der Waals surface area contributed by atoms with Crippen molar-refractivity contribution in [3.05, 3.63) is 141 Å². The van der Waals surface area contributed by atoms with Crippen LogP contribution < -0.4 is 14.9 Å². The zero-order valence-electron chi connectivity index (χ0n) is 21.0. The number of hydrogen-bond acceptors (Lipinski definition) is 5. The highest BCUT2D eigenvalue weighted by atomic mass is 35.5. The molecule has 0 aliphatic heterocycles. The lowest BCUT2D eigenvalue weighted by atomic mass is 10.0. The smallest absolute Gasteiger partial charge is 0.343 e. The molecule has 0 atom stereocenters. The average molecular weight is 569 g/mol. The molecule has 0 saturated carbocycles. The Labute approximate surface area is 240 Å². The summed E-state index contributed by atoms with van der Waals surface area (Å²) in [7, 11) is 0. The highest BCUT2D eigenvalue weighted by molar-refractivity contribution is 6.30. The second-order valence-electron chi connectivity index (χ2n) is 8.71. The summed E-state index contributed by atoms with van der Waals surface area (Å²) in [5.74, 6) is -0.295. The van der Waals surface area contributed by atoms with E-state index in [4.69, 9.17) is 32.7 Å². The van der Waals surface area contributed by atoms with Gasteiger partial charge in [-0.1, -0.05) is 77.8 Å². The van der Waals surface area contributed by atoms with Crippen molar-refractivity contribution in [2.45, 2.75) is 6.61 Å². The molecule has 40 heavy (non-hydrogen) atoms. The summed E-state index contributed by atoms with van der Waals surface area (Å²) in [6.45, 7) is 0.267. The molecule has 0 radical (unpaired) electrons. The Morgan fingerprint density at radius 3 is 2.20 bits per heavy atom. The Morgan fingerprint density at radius 1 is 0.750 bits per heavy atom. The Kier molecular flexibility index (Phi) is 8.40. The van der Waals surface area contributed by atoms with Gasteiger partial charge in [-0.15, -0.1) is 0 Å². The molecule has 0 fully saturated rings. The lowest BCUT2D eigenvalue weighted by Gasteiger charge is -2.12. The van der Waals surface area contributed by atoms with Gasteiger partial charge in [0.05, 0.1) is 17.3 Å². The molecule has 198 valence electrons. The molecule has 0 heterocycles.